The van der Waals surface area contributed by atoms with Gasteiger partial charge in [-0.1, -0.05) is 16.8 Å². The van der Waals surface area contributed by atoms with Gasteiger partial charge in [-0.05, 0) is 43.5 Å². The Labute approximate surface area is 206 Å². The quantitative estimate of drug-likeness (QED) is 0.210. The molecule has 0 aliphatic carbocycles. The van der Waals surface area contributed by atoms with Crippen LogP contribution >= 0.6 is 35.6 Å². The van der Waals surface area contributed by atoms with Gasteiger partial charge < -0.3 is 24.8 Å². The third-order valence-electron chi connectivity index (χ3n) is 5.18. The number of aromatic nitrogens is 2. The smallest absolute Gasteiger partial charge is 0.228 e. The van der Waals surface area contributed by atoms with E-state index in [1.807, 2.05) is 24.3 Å². The minimum Gasteiger partial charge on any atom is -0.385 e. The van der Waals surface area contributed by atoms with E-state index in [1.165, 1.54) is 0 Å². The minimum atomic E-state index is 0. The van der Waals surface area contributed by atoms with Crippen LogP contribution in [-0.2, 0) is 11.2 Å². The van der Waals surface area contributed by atoms with Crippen molar-refractivity contribution >= 4 is 41.5 Å². The van der Waals surface area contributed by atoms with Gasteiger partial charge in [0.05, 0.1) is 0 Å². The van der Waals surface area contributed by atoms with Gasteiger partial charge in [0, 0.05) is 70.0 Å². The van der Waals surface area contributed by atoms with Gasteiger partial charge in [-0.15, -0.1) is 24.0 Å². The molecule has 3 rings (SSSR count). The lowest BCUT2D eigenvalue weighted by molar-refractivity contribution is 0.155. The molecule has 1 aromatic carbocycles. The Morgan fingerprint density at radius 2 is 2.03 bits per heavy atom. The molecule has 1 saturated heterocycles. The molecule has 0 unspecified atom stereocenters. The number of halogens is 2. The highest BCUT2D eigenvalue weighted by Gasteiger charge is 2.19. The van der Waals surface area contributed by atoms with Gasteiger partial charge >= 0.3 is 0 Å². The van der Waals surface area contributed by atoms with E-state index in [4.69, 9.17) is 20.9 Å². The summed E-state index contributed by atoms with van der Waals surface area (Å²) in [5.74, 6) is 1.97. The molecule has 172 valence electrons. The van der Waals surface area contributed by atoms with Crippen LogP contribution in [0.15, 0.2) is 33.8 Å². The first-order chi connectivity index (χ1) is 14.7. The molecule has 1 aromatic heterocycles. The first-order valence-electron chi connectivity index (χ1n) is 10.4. The van der Waals surface area contributed by atoms with Crippen LogP contribution in [0.1, 0.15) is 25.2 Å². The fourth-order valence-electron chi connectivity index (χ4n) is 3.48. The van der Waals surface area contributed by atoms with Crippen LogP contribution in [0, 0.1) is 0 Å². The van der Waals surface area contributed by atoms with Crippen LogP contribution < -0.4 is 10.6 Å². The second-order valence-electron chi connectivity index (χ2n) is 7.37. The summed E-state index contributed by atoms with van der Waals surface area (Å²) in [4.78, 5) is 11.3. The highest BCUT2D eigenvalue weighted by atomic mass is 127. The summed E-state index contributed by atoms with van der Waals surface area (Å²) in [5, 5.41) is 11.6. The third kappa shape index (κ3) is 8.55. The second-order valence-corrected chi connectivity index (χ2v) is 7.81. The summed E-state index contributed by atoms with van der Waals surface area (Å²) in [6.45, 7) is 4.81. The molecule has 10 heteroatoms. The number of nitrogens with zero attached hydrogens (tertiary/aromatic N) is 4. The maximum absolute atomic E-state index is 5.92. The first-order valence-corrected chi connectivity index (χ1v) is 10.8. The summed E-state index contributed by atoms with van der Waals surface area (Å²) < 4.78 is 10.5. The van der Waals surface area contributed by atoms with Crippen molar-refractivity contribution in [2.45, 2.75) is 31.7 Å². The van der Waals surface area contributed by atoms with Gasteiger partial charge in [-0.2, -0.15) is 4.98 Å². The normalized spacial score (nSPS) is 15.5. The molecular weight excluding hydrogens is 531 g/mol. The number of likely N-dealkylation sites (tertiary alicyclic amines) is 1. The molecule has 0 saturated carbocycles. The number of hydrogen-bond donors (Lipinski definition) is 2. The maximum Gasteiger partial charge on any atom is 0.228 e. The van der Waals surface area contributed by atoms with E-state index >= 15 is 0 Å². The van der Waals surface area contributed by atoms with Crippen molar-refractivity contribution in [2.24, 2.45) is 4.99 Å². The SMILES string of the molecule is CN=C(NCCc1nc(-c2ccc(Cl)cc2)no1)NC1CCN(CCCOC)CC1.I. The predicted molar refractivity (Wildman–Crippen MR) is 134 cm³/mol. The molecule has 2 heterocycles. The molecule has 0 bridgehead atoms. The number of methoxy groups -OCH3 is 1. The Morgan fingerprint density at radius 3 is 2.71 bits per heavy atom. The maximum atomic E-state index is 5.92. The topological polar surface area (TPSA) is 87.8 Å². The zero-order valence-electron chi connectivity index (χ0n) is 18.1. The van der Waals surface area contributed by atoms with E-state index in [2.05, 4.69) is 30.7 Å². The summed E-state index contributed by atoms with van der Waals surface area (Å²) in [6, 6.07) is 7.82. The lowest BCUT2D eigenvalue weighted by atomic mass is 10.1. The number of piperidine rings is 1. The number of benzene rings is 1. The van der Waals surface area contributed by atoms with E-state index in [1.54, 1.807) is 14.2 Å². The van der Waals surface area contributed by atoms with E-state index in [9.17, 15) is 0 Å². The molecule has 1 aliphatic heterocycles. The molecule has 0 amide bonds. The predicted octanol–water partition coefficient (Wildman–Crippen LogP) is 3.22. The summed E-state index contributed by atoms with van der Waals surface area (Å²) in [6.07, 6.45) is 3.94. The molecule has 2 aromatic rings. The van der Waals surface area contributed by atoms with Gasteiger partial charge in [0.1, 0.15) is 0 Å². The molecule has 8 nitrogen and oxygen atoms in total. The van der Waals surface area contributed by atoms with E-state index in [0.29, 0.717) is 35.7 Å². The van der Waals surface area contributed by atoms with E-state index in [0.717, 1.165) is 57.0 Å². The number of nitrogens with one attached hydrogen (secondary N) is 2. The molecule has 2 N–H and O–H groups in total. The number of ether oxygens (including phenoxy) is 1. The van der Waals surface area contributed by atoms with Crippen molar-refractivity contribution in [3.63, 3.8) is 0 Å². The molecule has 0 radical (unpaired) electrons. The second kappa shape index (κ2) is 13.9. The van der Waals surface area contributed by atoms with Crippen LogP contribution in [0.3, 0.4) is 0 Å². The van der Waals surface area contributed by atoms with Crippen LogP contribution in [-0.4, -0.2) is 74.0 Å². The van der Waals surface area contributed by atoms with Crippen molar-refractivity contribution in [3.05, 3.63) is 35.2 Å². The van der Waals surface area contributed by atoms with Gasteiger partial charge in [-0.3, -0.25) is 4.99 Å². The van der Waals surface area contributed by atoms with Gasteiger partial charge in [0.25, 0.3) is 0 Å². The molecule has 1 fully saturated rings. The van der Waals surface area contributed by atoms with Crippen LogP contribution in [0.25, 0.3) is 11.4 Å². The molecule has 0 spiro atoms. The van der Waals surface area contributed by atoms with Crippen molar-refractivity contribution in [3.8, 4) is 11.4 Å². The summed E-state index contributed by atoms with van der Waals surface area (Å²) >= 11 is 5.92. The number of rotatable bonds is 9. The Bertz CT molecular complexity index is 793. The lowest BCUT2D eigenvalue weighted by Gasteiger charge is -2.33. The van der Waals surface area contributed by atoms with Crippen molar-refractivity contribution < 1.29 is 9.26 Å². The Hall–Kier alpha value is -1.43. The standard InChI is InChI=1S/C21H31ClN6O2.HI/c1-23-21(25-18-9-13-28(14-10-18)12-3-15-29-2)24-11-8-19-26-20(27-30-19)16-4-6-17(22)7-5-16;/h4-7,18H,3,8-15H2,1-2H3,(H2,23,24,25);1H. The Balaban J connectivity index is 0.00000341. The minimum absolute atomic E-state index is 0. The number of aliphatic imine (C=N–C) groups is 1. The zero-order valence-corrected chi connectivity index (χ0v) is 21.2. The average molecular weight is 563 g/mol. The lowest BCUT2D eigenvalue weighted by Crippen LogP contribution is -2.49. The van der Waals surface area contributed by atoms with Crippen molar-refractivity contribution in [2.75, 3.05) is 46.9 Å². The fraction of sp³-hybridized carbons (Fsp3) is 0.571. The van der Waals surface area contributed by atoms with Crippen molar-refractivity contribution in [1.82, 2.24) is 25.7 Å². The first kappa shape index (κ1) is 25.8. The molecular formula is C21H32ClIN6O2. The van der Waals surface area contributed by atoms with Gasteiger partial charge in [-0.25, -0.2) is 0 Å². The molecule has 0 atom stereocenters. The third-order valence-corrected chi connectivity index (χ3v) is 5.43. The molecule has 31 heavy (non-hydrogen) atoms. The Morgan fingerprint density at radius 1 is 1.29 bits per heavy atom. The highest BCUT2D eigenvalue weighted by Crippen LogP contribution is 2.18. The Kier molecular flexibility index (Phi) is 11.6. The zero-order chi connectivity index (χ0) is 21.2. The largest absolute Gasteiger partial charge is 0.385 e. The number of guanidine groups is 1. The van der Waals surface area contributed by atoms with E-state index < -0.39 is 0 Å². The van der Waals surface area contributed by atoms with Gasteiger partial charge in [0.15, 0.2) is 5.96 Å². The van der Waals surface area contributed by atoms with Gasteiger partial charge in [0.2, 0.25) is 11.7 Å². The number of hydrogen-bond acceptors (Lipinski definition) is 6. The van der Waals surface area contributed by atoms with Crippen LogP contribution in [0.2, 0.25) is 5.02 Å². The fourth-order valence-corrected chi connectivity index (χ4v) is 3.61. The summed E-state index contributed by atoms with van der Waals surface area (Å²) in [7, 11) is 3.55. The average Bonchev–Trinajstić information content (AvgIpc) is 3.24. The monoisotopic (exact) mass is 562 g/mol. The molecule has 1 aliphatic rings. The van der Waals surface area contributed by atoms with Crippen LogP contribution in [0.5, 0.6) is 0 Å². The van der Waals surface area contributed by atoms with E-state index in [-0.39, 0.29) is 24.0 Å². The summed E-state index contributed by atoms with van der Waals surface area (Å²) in [5.41, 5.74) is 0.883. The van der Waals surface area contributed by atoms with Crippen molar-refractivity contribution in [1.29, 1.82) is 0 Å². The van der Waals surface area contributed by atoms with Crippen LogP contribution in [0.4, 0.5) is 0 Å². The highest BCUT2D eigenvalue weighted by molar-refractivity contribution is 14.0.